The Balaban J connectivity index is 1.61. The molecular weight excluding hydrogens is 430 g/mol. The molecule has 0 aromatic heterocycles. The molecule has 2 aromatic carbocycles. The lowest BCUT2D eigenvalue weighted by Crippen LogP contribution is -2.38. The number of amidine groups is 1. The Hall–Kier alpha value is -2.32. The van der Waals surface area contributed by atoms with Crippen molar-refractivity contribution in [3.63, 3.8) is 0 Å². The number of unbranched alkanes of at least 4 members (excludes halogenated alkanes) is 1. The van der Waals surface area contributed by atoms with Crippen LogP contribution in [0, 0.1) is 0 Å². The molecule has 0 bridgehead atoms. The van der Waals surface area contributed by atoms with Crippen molar-refractivity contribution in [2.24, 2.45) is 4.40 Å². The summed E-state index contributed by atoms with van der Waals surface area (Å²) in [6.07, 6.45) is 3.60. The van der Waals surface area contributed by atoms with Gasteiger partial charge in [-0.15, -0.1) is 4.40 Å². The van der Waals surface area contributed by atoms with E-state index in [1.54, 1.807) is 18.2 Å². The Bertz CT molecular complexity index is 1020. The van der Waals surface area contributed by atoms with Crippen molar-refractivity contribution in [2.45, 2.75) is 50.5 Å². The van der Waals surface area contributed by atoms with E-state index in [0.29, 0.717) is 17.4 Å². The smallest absolute Gasteiger partial charge is 0.286 e. The highest BCUT2D eigenvalue weighted by atomic mass is 32.2. The minimum atomic E-state index is -3.77. The van der Waals surface area contributed by atoms with Gasteiger partial charge in [0.2, 0.25) is 5.91 Å². The molecule has 1 N–H and O–H groups in total. The summed E-state index contributed by atoms with van der Waals surface area (Å²) >= 11 is 1.17. The molecule has 0 aliphatic carbocycles. The van der Waals surface area contributed by atoms with Crippen LogP contribution in [-0.4, -0.2) is 37.8 Å². The number of nitrogens with zero attached hydrogens (tertiary/aromatic N) is 2. The predicted octanol–water partition coefficient (Wildman–Crippen LogP) is 4.22. The van der Waals surface area contributed by atoms with Crippen LogP contribution in [0.25, 0.3) is 0 Å². The number of hydrogen-bond acceptors (Lipinski definition) is 5. The van der Waals surface area contributed by atoms with Crippen LogP contribution in [-0.2, 0) is 21.2 Å². The lowest BCUT2D eigenvalue weighted by molar-refractivity contribution is -0.119. The average molecular weight is 460 g/mol. The molecule has 166 valence electrons. The summed E-state index contributed by atoms with van der Waals surface area (Å²) in [4.78, 5) is 14.6. The summed E-state index contributed by atoms with van der Waals surface area (Å²) in [5.41, 5.74) is 1.87. The number of rotatable bonds is 9. The summed E-state index contributed by atoms with van der Waals surface area (Å²) in [6.45, 7) is 4.72. The highest BCUT2D eigenvalue weighted by Gasteiger charge is 2.30. The Morgan fingerprint density at radius 2 is 1.84 bits per heavy atom. The first-order valence-corrected chi connectivity index (χ1v) is 13.0. The van der Waals surface area contributed by atoms with E-state index in [2.05, 4.69) is 28.8 Å². The standard InChI is InChI=1S/C23H29N3O3S2/c1-3-4-16-26-20-12-8-9-13-21(20)31(28,29)25-23(26)30-17-22(27)24-18(2)14-15-19-10-6-5-7-11-19/h5-13,18H,3-4,14-17H2,1-2H3,(H,24,27). The predicted molar refractivity (Wildman–Crippen MR) is 128 cm³/mol. The second-order valence-corrected chi connectivity index (χ2v) is 10.1. The molecule has 2 aromatic rings. The van der Waals surface area contributed by atoms with Gasteiger partial charge in [-0.2, -0.15) is 8.42 Å². The maximum Gasteiger partial charge on any atom is 0.286 e. The van der Waals surface area contributed by atoms with Gasteiger partial charge in [0.25, 0.3) is 10.0 Å². The van der Waals surface area contributed by atoms with Gasteiger partial charge in [0, 0.05) is 12.6 Å². The fraction of sp³-hybridized carbons (Fsp3) is 0.391. The zero-order valence-electron chi connectivity index (χ0n) is 18.0. The Labute approximate surface area is 189 Å². The molecule has 31 heavy (non-hydrogen) atoms. The van der Waals surface area contributed by atoms with Crippen molar-refractivity contribution in [3.05, 3.63) is 60.2 Å². The van der Waals surface area contributed by atoms with Gasteiger partial charge in [-0.05, 0) is 43.9 Å². The number of para-hydroxylation sites is 1. The van der Waals surface area contributed by atoms with Crippen LogP contribution in [0.5, 0.6) is 0 Å². The van der Waals surface area contributed by atoms with Gasteiger partial charge in [0.1, 0.15) is 4.90 Å². The number of sulfonamides is 1. The van der Waals surface area contributed by atoms with Gasteiger partial charge in [-0.3, -0.25) is 4.79 Å². The van der Waals surface area contributed by atoms with Crippen molar-refractivity contribution >= 4 is 38.5 Å². The zero-order chi connectivity index (χ0) is 22.3. The van der Waals surface area contributed by atoms with Crippen molar-refractivity contribution in [1.29, 1.82) is 0 Å². The normalized spacial score (nSPS) is 15.7. The quantitative estimate of drug-likeness (QED) is 0.607. The SMILES string of the molecule is CCCCN1C(SCC(=O)NC(C)CCc2ccccc2)=NS(=O)(=O)c2ccccc21. The third-order valence-corrected chi connectivity index (χ3v) is 7.45. The first kappa shape index (κ1) is 23.3. The third kappa shape index (κ3) is 6.33. The largest absolute Gasteiger partial charge is 0.353 e. The van der Waals surface area contributed by atoms with Gasteiger partial charge in [-0.1, -0.05) is 67.6 Å². The lowest BCUT2D eigenvalue weighted by Gasteiger charge is -2.30. The van der Waals surface area contributed by atoms with Crippen molar-refractivity contribution in [2.75, 3.05) is 17.2 Å². The van der Waals surface area contributed by atoms with Crippen LogP contribution < -0.4 is 10.2 Å². The van der Waals surface area contributed by atoms with Gasteiger partial charge < -0.3 is 10.2 Å². The van der Waals surface area contributed by atoms with Crippen LogP contribution in [0.1, 0.15) is 38.7 Å². The molecule has 0 fully saturated rings. The molecule has 0 saturated carbocycles. The minimum absolute atomic E-state index is 0.0299. The highest BCUT2D eigenvalue weighted by Crippen LogP contribution is 2.34. The Kier molecular flexibility index (Phi) is 8.15. The number of fused-ring (bicyclic) bond motifs is 1. The van der Waals surface area contributed by atoms with E-state index in [1.165, 1.54) is 17.3 Å². The molecule has 1 atom stereocenters. The number of anilines is 1. The van der Waals surface area contributed by atoms with Crippen LogP contribution >= 0.6 is 11.8 Å². The van der Waals surface area contributed by atoms with E-state index in [4.69, 9.17) is 0 Å². The van der Waals surface area contributed by atoms with Crippen LogP contribution in [0.2, 0.25) is 0 Å². The molecule has 1 amide bonds. The van der Waals surface area contributed by atoms with Crippen molar-refractivity contribution in [1.82, 2.24) is 5.32 Å². The maximum absolute atomic E-state index is 12.6. The molecule has 6 nitrogen and oxygen atoms in total. The molecule has 1 heterocycles. The first-order chi connectivity index (χ1) is 14.9. The topological polar surface area (TPSA) is 78.8 Å². The molecule has 3 rings (SSSR count). The molecule has 0 saturated heterocycles. The fourth-order valence-electron chi connectivity index (χ4n) is 3.39. The van der Waals surface area contributed by atoms with Crippen molar-refractivity contribution < 1.29 is 13.2 Å². The minimum Gasteiger partial charge on any atom is -0.353 e. The van der Waals surface area contributed by atoms with E-state index in [9.17, 15) is 13.2 Å². The number of carbonyl (C=O) groups excluding carboxylic acids is 1. The summed E-state index contributed by atoms with van der Waals surface area (Å²) < 4.78 is 29.2. The average Bonchev–Trinajstić information content (AvgIpc) is 2.76. The number of benzene rings is 2. The van der Waals surface area contributed by atoms with Crippen LogP contribution in [0.4, 0.5) is 5.69 Å². The van der Waals surface area contributed by atoms with E-state index in [-0.39, 0.29) is 22.6 Å². The van der Waals surface area contributed by atoms with Crippen LogP contribution in [0.3, 0.4) is 0 Å². The molecule has 1 aliphatic rings. The summed E-state index contributed by atoms with van der Waals surface area (Å²) in [7, 11) is -3.77. The van der Waals surface area contributed by atoms with E-state index in [0.717, 1.165) is 25.7 Å². The summed E-state index contributed by atoms with van der Waals surface area (Å²) in [5, 5.41) is 3.37. The summed E-state index contributed by atoms with van der Waals surface area (Å²) in [5.74, 6) is -0.00517. The van der Waals surface area contributed by atoms with E-state index in [1.807, 2.05) is 36.1 Å². The number of carbonyl (C=O) groups is 1. The second kappa shape index (κ2) is 10.8. The lowest BCUT2D eigenvalue weighted by atomic mass is 10.1. The first-order valence-electron chi connectivity index (χ1n) is 10.6. The number of thioether (sulfide) groups is 1. The van der Waals surface area contributed by atoms with Crippen molar-refractivity contribution in [3.8, 4) is 0 Å². The Morgan fingerprint density at radius 1 is 1.13 bits per heavy atom. The fourth-order valence-corrected chi connectivity index (χ4v) is 5.68. The molecular formula is C23H29N3O3S2. The number of amides is 1. The van der Waals surface area contributed by atoms with Gasteiger partial charge in [0.15, 0.2) is 5.17 Å². The van der Waals surface area contributed by atoms with Gasteiger partial charge in [-0.25, -0.2) is 0 Å². The van der Waals surface area contributed by atoms with Crippen LogP contribution in [0.15, 0.2) is 63.9 Å². The van der Waals surface area contributed by atoms with Gasteiger partial charge >= 0.3 is 0 Å². The second-order valence-electron chi connectivity index (χ2n) is 7.60. The maximum atomic E-state index is 12.6. The van der Waals surface area contributed by atoms with E-state index < -0.39 is 10.0 Å². The number of hydrogen-bond donors (Lipinski definition) is 1. The molecule has 1 unspecified atom stereocenters. The van der Waals surface area contributed by atoms with E-state index >= 15 is 0 Å². The molecule has 0 radical (unpaired) electrons. The number of nitrogens with one attached hydrogen (secondary N) is 1. The summed E-state index contributed by atoms with van der Waals surface area (Å²) in [6, 6.07) is 17.1. The highest BCUT2D eigenvalue weighted by molar-refractivity contribution is 8.15. The molecule has 1 aliphatic heterocycles. The van der Waals surface area contributed by atoms with Gasteiger partial charge in [0.05, 0.1) is 11.4 Å². The third-order valence-electron chi connectivity index (χ3n) is 5.05. The Morgan fingerprint density at radius 3 is 2.58 bits per heavy atom. The number of aryl methyl sites for hydroxylation is 1. The zero-order valence-corrected chi connectivity index (χ0v) is 19.6. The monoisotopic (exact) mass is 459 g/mol. The molecule has 8 heteroatoms. The molecule has 0 spiro atoms.